The van der Waals surface area contributed by atoms with Gasteiger partial charge in [0.25, 0.3) is 5.91 Å². The van der Waals surface area contributed by atoms with E-state index in [-0.39, 0.29) is 18.6 Å². The molecule has 5 heteroatoms. The molecule has 0 heterocycles. The summed E-state index contributed by atoms with van der Waals surface area (Å²) in [6.45, 7) is 4.00. The maximum atomic E-state index is 11.6. The number of rotatable bonds is 5. The van der Waals surface area contributed by atoms with E-state index in [1.54, 1.807) is 6.07 Å². The van der Waals surface area contributed by atoms with Gasteiger partial charge in [0, 0.05) is 11.6 Å². The van der Waals surface area contributed by atoms with Crippen LogP contribution in [0.2, 0.25) is 0 Å². The number of amides is 1. The number of aryl methyl sites for hydroxylation is 1. The summed E-state index contributed by atoms with van der Waals surface area (Å²) in [5.74, 6) is 0.555. The molecule has 5 nitrogen and oxygen atoms in total. The summed E-state index contributed by atoms with van der Waals surface area (Å²) in [4.78, 5) is 11.6. The predicted molar refractivity (Wildman–Crippen MR) is 76.5 cm³/mol. The van der Waals surface area contributed by atoms with E-state index in [9.17, 15) is 4.79 Å². The van der Waals surface area contributed by atoms with Crippen LogP contribution in [0.4, 0.5) is 0 Å². The second kappa shape index (κ2) is 6.41. The smallest absolute Gasteiger partial charge is 0.258 e. The van der Waals surface area contributed by atoms with Gasteiger partial charge in [0.05, 0.1) is 5.71 Å². The van der Waals surface area contributed by atoms with Crippen molar-refractivity contribution < 1.29 is 14.7 Å². The summed E-state index contributed by atoms with van der Waals surface area (Å²) < 4.78 is 5.49. The second-order valence-corrected chi connectivity index (χ2v) is 5.03. The number of oxime groups is 1. The Hall–Kier alpha value is -2.04. The van der Waals surface area contributed by atoms with Crippen LogP contribution in [0.25, 0.3) is 0 Å². The van der Waals surface area contributed by atoms with E-state index < -0.39 is 0 Å². The molecule has 1 aliphatic rings. The molecule has 1 aromatic carbocycles. The number of carbonyl (C=O) groups is 1. The highest BCUT2D eigenvalue weighted by Crippen LogP contribution is 2.26. The van der Waals surface area contributed by atoms with E-state index in [4.69, 9.17) is 9.94 Å². The Morgan fingerprint density at radius 1 is 1.50 bits per heavy atom. The van der Waals surface area contributed by atoms with Gasteiger partial charge in [-0.05, 0) is 49.9 Å². The molecule has 108 valence electrons. The Morgan fingerprint density at radius 2 is 2.30 bits per heavy atom. The summed E-state index contributed by atoms with van der Waals surface area (Å²) in [6, 6.07) is 5.74. The number of carbonyl (C=O) groups excluding carboxylic acids is 1. The number of nitrogens with one attached hydrogen (secondary N) is 1. The van der Waals surface area contributed by atoms with E-state index in [0.29, 0.717) is 11.5 Å². The molecular weight excluding hydrogens is 256 g/mol. The van der Waals surface area contributed by atoms with Gasteiger partial charge in [-0.1, -0.05) is 12.1 Å². The lowest BCUT2D eigenvalue weighted by atomic mass is 10.1. The first kappa shape index (κ1) is 14.4. The van der Waals surface area contributed by atoms with Crippen LogP contribution in [-0.4, -0.2) is 29.5 Å². The normalized spacial score (nSPS) is 16.8. The largest absolute Gasteiger partial charge is 0.484 e. The molecule has 0 spiro atoms. The summed E-state index contributed by atoms with van der Waals surface area (Å²) in [5.41, 5.74) is 2.77. The maximum Gasteiger partial charge on any atom is 0.258 e. The minimum atomic E-state index is -0.113. The number of fused-ring (bicyclic) bond motifs is 1. The zero-order valence-electron chi connectivity index (χ0n) is 11.8. The number of ether oxygens (including phenoxy) is 1. The van der Waals surface area contributed by atoms with E-state index in [2.05, 4.69) is 10.5 Å². The summed E-state index contributed by atoms with van der Waals surface area (Å²) in [7, 11) is 0. The molecule has 1 amide bonds. The Morgan fingerprint density at radius 3 is 3.00 bits per heavy atom. The number of nitrogens with zero attached hydrogens (tertiary/aromatic N) is 1. The molecule has 1 aliphatic carbocycles. The molecule has 2 rings (SSSR count). The van der Waals surface area contributed by atoms with Crippen molar-refractivity contribution in [1.82, 2.24) is 5.32 Å². The molecule has 1 unspecified atom stereocenters. The topological polar surface area (TPSA) is 70.9 Å². The van der Waals surface area contributed by atoms with Crippen LogP contribution < -0.4 is 10.1 Å². The molecule has 0 saturated carbocycles. The van der Waals surface area contributed by atoms with E-state index in [0.717, 1.165) is 30.4 Å². The molecule has 0 fully saturated rings. The van der Waals surface area contributed by atoms with Gasteiger partial charge in [-0.2, -0.15) is 0 Å². The monoisotopic (exact) mass is 276 g/mol. The van der Waals surface area contributed by atoms with Gasteiger partial charge in [-0.3, -0.25) is 4.79 Å². The first-order valence-corrected chi connectivity index (χ1v) is 6.90. The highest BCUT2D eigenvalue weighted by atomic mass is 16.5. The van der Waals surface area contributed by atoms with Gasteiger partial charge in [-0.15, -0.1) is 0 Å². The zero-order chi connectivity index (χ0) is 14.5. The Kier molecular flexibility index (Phi) is 4.61. The van der Waals surface area contributed by atoms with Crippen molar-refractivity contribution in [3.05, 3.63) is 29.3 Å². The number of hydrogen-bond acceptors (Lipinski definition) is 4. The average molecular weight is 276 g/mol. The van der Waals surface area contributed by atoms with E-state index in [1.807, 2.05) is 26.0 Å². The van der Waals surface area contributed by atoms with Crippen LogP contribution in [0.15, 0.2) is 23.4 Å². The van der Waals surface area contributed by atoms with Crippen molar-refractivity contribution in [2.75, 3.05) is 6.61 Å². The van der Waals surface area contributed by atoms with Crippen molar-refractivity contribution in [2.45, 2.75) is 39.2 Å². The van der Waals surface area contributed by atoms with Gasteiger partial charge < -0.3 is 15.3 Å². The quantitative estimate of drug-likeness (QED) is 0.639. The summed E-state index contributed by atoms with van der Waals surface area (Å²) >= 11 is 0. The van der Waals surface area contributed by atoms with Crippen LogP contribution in [-0.2, 0) is 11.2 Å². The third kappa shape index (κ3) is 3.29. The second-order valence-electron chi connectivity index (χ2n) is 5.03. The van der Waals surface area contributed by atoms with Crippen molar-refractivity contribution in [3.8, 4) is 5.75 Å². The van der Waals surface area contributed by atoms with Gasteiger partial charge in [0.1, 0.15) is 5.75 Å². The fourth-order valence-electron chi connectivity index (χ4n) is 2.21. The third-order valence-electron chi connectivity index (χ3n) is 3.53. The van der Waals surface area contributed by atoms with E-state index >= 15 is 0 Å². The number of hydrogen-bond donors (Lipinski definition) is 2. The standard InChI is InChI=1S/C15H20N2O3/c1-3-10(2)16-15(18)9-20-12-5-6-13-11(8-12)4-7-14(13)17-19/h5-6,8,10,19H,3-4,7,9H2,1-2H3,(H,16,18)/b17-14+. The highest BCUT2D eigenvalue weighted by molar-refractivity contribution is 6.04. The highest BCUT2D eigenvalue weighted by Gasteiger charge is 2.18. The number of benzene rings is 1. The lowest BCUT2D eigenvalue weighted by molar-refractivity contribution is -0.123. The van der Waals surface area contributed by atoms with Crippen molar-refractivity contribution in [3.63, 3.8) is 0 Å². The van der Waals surface area contributed by atoms with E-state index in [1.165, 1.54) is 0 Å². The first-order chi connectivity index (χ1) is 9.63. The molecule has 2 N–H and O–H groups in total. The van der Waals surface area contributed by atoms with Crippen LogP contribution in [0, 0.1) is 0 Å². The zero-order valence-corrected chi connectivity index (χ0v) is 11.8. The van der Waals surface area contributed by atoms with Gasteiger partial charge >= 0.3 is 0 Å². The van der Waals surface area contributed by atoms with Gasteiger partial charge in [-0.25, -0.2) is 0 Å². The lowest BCUT2D eigenvalue weighted by Gasteiger charge is -2.12. The van der Waals surface area contributed by atoms with Crippen molar-refractivity contribution >= 4 is 11.6 Å². The minimum absolute atomic E-state index is 0.0179. The Bertz CT molecular complexity index is 526. The Labute approximate surface area is 118 Å². The van der Waals surface area contributed by atoms with Crippen molar-refractivity contribution in [1.29, 1.82) is 0 Å². The van der Waals surface area contributed by atoms with Crippen molar-refractivity contribution in [2.24, 2.45) is 5.16 Å². The first-order valence-electron chi connectivity index (χ1n) is 6.90. The average Bonchev–Trinajstić information content (AvgIpc) is 2.87. The molecule has 1 atom stereocenters. The molecule has 0 saturated heterocycles. The summed E-state index contributed by atoms with van der Waals surface area (Å²) in [5, 5.41) is 15.0. The maximum absolute atomic E-state index is 11.6. The van der Waals surface area contributed by atoms with Crippen LogP contribution in [0.5, 0.6) is 5.75 Å². The van der Waals surface area contributed by atoms with Crippen LogP contribution >= 0.6 is 0 Å². The fraction of sp³-hybridized carbons (Fsp3) is 0.467. The molecule has 1 aromatic rings. The predicted octanol–water partition coefficient (Wildman–Crippen LogP) is 2.10. The van der Waals surface area contributed by atoms with Gasteiger partial charge in [0.2, 0.25) is 0 Å². The summed E-state index contributed by atoms with van der Waals surface area (Å²) in [6.07, 6.45) is 2.47. The lowest BCUT2D eigenvalue weighted by Crippen LogP contribution is -2.35. The SMILES string of the molecule is CCC(C)NC(=O)COc1ccc2c(c1)CC/C2=N\O. The molecule has 20 heavy (non-hydrogen) atoms. The van der Waals surface area contributed by atoms with Gasteiger partial charge in [0.15, 0.2) is 6.61 Å². The molecular formula is C15H20N2O3. The molecule has 0 bridgehead atoms. The Balaban J connectivity index is 1.94. The molecule has 0 aliphatic heterocycles. The van der Waals surface area contributed by atoms with Crippen LogP contribution in [0.3, 0.4) is 0 Å². The molecule has 0 aromatic heterocycles. The fourth-order valence-corrected chi connectivity index (χ4v) is 2.21. The molecule has 0 radical (unpaired) electrons. The third-order valence-corrected chi connectivity index (χ3v) is 3.53. The van der Waals surface area contributed by atoms with Crippen LogP contribution in [0.1, 0.15) is 37.8 Å². The minimum Gasteiger partial charge on any atom is -0.484 e.